The van der Waals surface area contributed by atoms with Crippen molar-refractivity contribution in [3.05, 3.63) is 113 Å². The second-order valence-corrected chi connectivity index (χ2v) is 13.5. The van der Waals surface area contributed by atoms with E-state index >= 15 is 4.57 Å². The van der Waals surface area contributed by atoms with Gasteiger partial charge in [-0.05, 0) is 44.9 Å². The van der Waals surface area contributed by atoms with Crippen LogP contribution in [-0.4, -0.2) is 5.66 Å². The molecule has 2 N–H and O–H groups in total. The number of fused-ring (bicyclic) bond motifs is 9. The Bertz CT molecular complexity index is 1470. The summed E-state index contributed by atoms with van der Waals surface area (Å²) < 4.78 is 15.3. The average molecular weight is 464 g/mol. The lowest BCUT2D eigenvalue weighted by atomic mass is 9.67. The van der Waals surface area contributed by atoms with Gasteiger partial charge in [-0.25, -0.2) is 0 Å². The van der Waals surface area contributed by atoms with Gasteiger partial charge in [0.25, 0.3) is 0 Å². The first-order chi connectivity index (χ1) is 16.3. The molecule has 1 atom stereocenters. The normalized spacial score (nSPS) is 19.1. The van der Waals surface area contributed by atoms with E-state index in [1.807, 2.05) is 6.07 Å². The minimum atomic E-state index is -3.00. The second-order valence-electron chi connectivity index (χ2n) is 10.2. The largest absolute Gasteiger partial charge is 0.398 e. The van der Waals surface area contributed by atoms with Crippen LogP contribution in [0.25, 0.3) is 11.1 Å². The van der Waals surface area contributed by atoms with Gasteiger partial charge in [-0.2, -0.15) is 0 Å². The highest BCUT2D eigenvalue weighted by molar-refractivity contribution is 7.80. The summed E-state index contributed by atoms with van der Waals surface area (Å²) in [5.41, 5.74) is 15.4. The van der Waals surface area contributed by atoms with Crippen LogP contribution >= 0.6 is 7.14 Å². The summed E-state index contributed by atoms with van der Waals surface area (Å²) in [6, 6.07) is 30.2. The van der Waals surface area contributed by atoms with Crippen LogP contribution in [0.4, 0.5) is 5.69 Å². The van der Waals surface area contributed by atoms with E-state index in [4.69, 9.17) is 5.73 Å². The molecule has 4 aromatic carbocycles. The smallest absolute Gasteiger partial charge is 0.148 e. The molecule has 34 heavy (non-hydrogen) atoms. The Hall–Kier alpha value is -3.09. The Morgan fingerprint density at radius 3 is 1.76 bits per heavy atom. The lowest BCUT2D eigenvalue weighted by Gasteiger charge is -2.45. The van der Waals surface area contributed by atoms with Crippen LogP contribution in [0, 0.1) is 0 Å². The highest BCUT2D eigenvalue weighted by Crippen LogP contribution is 2.64. The van der Waals surface area contributed by atoms with Crippen LogP contribution < -0.4 is 16.3 Å². The van der Waals surface area contributed by atoms with Gasteiger partial charge < -0.3 is 10.3 Å². The molecule has 0 amide bonds. The van der Waals surface area contributed by atoms with Gasteiger partial charge in [-0.3, -0.25) is 0 Å². The Labute approximate surface area is 202 Å². The zero-order valence-corrected chi connectivity index (χ0v) is 21.1. The number of nitrogen functional groups attached to an aromatic ring is 1. The molecule has 1 unspecified atom stereocenters. The molecule has 1 aliphatic heterocycles. The molecule has 0 aromatic heterocycles. The number of hydrogen-bond donors (Lipinski definition) is 1. The minimum Gasteiger partial charge on any atom is -0.398 e. The van der Waals surface area contributed by atoms with E-state index in [0.717, 1.165) is 27.3 Å². The first kappa shape index (κ1) is 21.4. The summed E-state index contributed by atoms with van der Waals surface area (Å²) >= 11 is 0. The maximum absolute atomic E-state index is 15.3. The lowest BCUT2D eigenvalue weighted by molar-refractivity contribution is 0.579. The fraction of sp³-hybridized carbons (Fsp3) is 0.226. The van der Waals surface area contributed by atoms with Crippen LogP contribution in [0.1, 0.15) is 61.4 Å². The van der Waals surface area contributed by atoms with Crippen molar-refractivity contribution < 1.29 is 4.57 Å². The predicted octanol–water partition coefficient (Wildman–Crippen LogP) is 6.79. The summed E-state index contributed by atoms with van der Waals surface area (Å²) in [4.78, 5) is 0. The molecular weight excluding hydrogens is 433 g/mol. The minimum absolute atomic E-state index is 0.0543. The quantitative estimate of drug-likeness (QED) is 0.231. The zero-order valence-electron chi connectivity index (χ0n) is 20.2. The van der Waals surface area contributed by atoms with Crippen molar-refractivity contribution in [3.8, 4) is 11.1 Å². The molecule has 0 bridgehead atoms. The Balaban J connectivity index is 1.89. The van der Waals surface area contributed by atoms with Gasteiger partial charge in [0.2, 0.25) is 0 Å². The number of rotatable bonds is 2. The molecule has 0 fully saturated rings. The van der Waals surface area contributed by atoms with Gasteiger partial charge >= 0.3 is 0 Å². The molecule has 2 aliphatic rings. The van der Waals surface area contributed by atoms with Crippen molar-refractivity contribution in [1.82, 2.24) is 0 Å². The molecule has 1 aliphatic carbocycles. The van der Waals surface area contributed by atoms with Crippen LogP contribution in [-0.2, 0) is 9.98 Å². The van der Waals surface area contributed by atoms with Gasteiger partial charge in [-0.15, -0.1) is 0 Å². The molecule has 3 heteroatoms. The van der Waals surface area contributed by atoms with Crippen LogP contribution in [0.2, 0.25) is 0 Å². The maximum atomic E-state index is 15.3. The summed E-state index contributed by atoms with van der Waals surface area (Å²) in [7, 11) is -3.00. The van der Waals surface area contributed by atoms with Gasteiger partial charge in [0.15, 0.2) is 0 Å². The first-order valence-electron chi connectivity index (χ1n) is 12.2. The monoisotopic (exact) mass is 463 g/mol. The molecule has 0 saturated carbocycles. The Morgan fingerprint density at radius 2 is 1.21 bits per heavy atom. The fourth-order valence-electron chi connectivity index (χ4n) is 6.49. The summed E-state index contributed by atoms with van der Waals surface area (Å²) in [6.07, 6.45) is 0. The van der Waals surface area contributed by atoms with Gasteiger partial charge in [-0.1, -0.05) is 113 Å². The van der Waals surface area contributed by atoms with E-state index in [0.29, 0.717) is 5.69 Å². The van der Waals surface area contributed by atoms with Crippen molar-refractivity contribution in [3.63, 3.8) is 0 Å². The number of anilines is 1. The van der Waals surface area contributed by atoms with Crippen LogP contribution in [0.15, 0.2) is 84.9 Å². The Morgan fingerprint density at radius 1 is 0.676 bits per heavy atom. The third kappa shape index (κ3) is 2.40. The van der Waals surface area contributed by atoms with Crippen molar-refractivity contribution >= 4 is 23.4 Å². The third-order valence-electron chi connectivity index (χ3n) is 7.95. The summed E-state index contributed by atoms with van der Waals surface area (Å²) in [5, 5.41) is 1.83. The molecule has 0 radical (unpaired) electrons. The van der Waals surface area contributed by atoms with Gasteiger partial charge in [0.05, 0.1) is 5.41 Å². The Kier molecular flexibility index (Phi) is 4.54. The zero-order chi connectivity index (χ0) is 23.8. The lowest BCUT2D eigenvalue weighted by Crippen LogP contribution is -2.46. The van der Waals surface area contributed by atoms with E-state index in [1.165, 1.54) is 22.3 Å². The predicted molar refractivity (Wildman–Crippen MR) is 144 cm³/mol. The number of hydrogen-bond acceptors (Lipinski definition) is 2. The maximum Gasteiger partial charge on any atom is 0.148 e. The molecule has 1 heterocycles. The standard InChI is InChI=1S/C31H30NOP/c1-19(2)21-17-18-27-30(29(21)32)34(33,20(3)4)28-16-10-9-15-26(28)31(27)24-13-7-5-11-22(24)23-12-6-8-14-25(23)31/h5-20H,32H2,1-4H3. The highest BCUT2D eigenvalue weighted by atomic mass is 31.2. The molecule has 4 aromatic rings. The van der Waals surface area contributed by atoms with E-state index in [9.17, 15) is 0 Å². The molecule has 6 rings (SSSR count). The second kappa shape index (κ2) is 7.20. The van der Waals surface area contributed by atoms with Crippen molar-refractivity contribution in [2.45, 2.75) is 44.7 Å². The molecule has 170 valence electrons. The molecule has 1 spiro atoms. The van der Waals surface area contributed by atoms with Gasteiger partial charge in [0, 0.05) is 22.0 Å². The van der Waals surface area contributed by atoms with Crippen LogP contribution in [0.5, 0.6) is 0 Å². The average Bonchev–Trinajstić information content (AvgIpc) is 3.13. The molecular formula is C31H30NOP. The van der Waals surface area contributed by atoms with E-state index < -0.39 is 12.6 Å². The van der Waals surface area contributed by atoms with Crippen LogP contribution in [0.3, 0.4) is 0 Å². The molecule has 2 nitrogen and oxygen atoms in total. The van der Waals surface area contributed by atoms with E-state index in [2.05, 4.69) is 107 Å². The van der Waals surface area contributed by atoms with Crippen molar-refractivity contribution in [2.24, 2.45) is 0 Å². The first-order valence-corrected chi connectivity index (χ1v) is 13.9. The highest BCUT2D eigenvalue weighted by Gasteiger charge is 2.55. The van der Waals surface area contributed by atoms with E-state index in [1.54, 1.807) is 0 Å². The van der Waals surface area contributed by atoms with Crippen molar-refractivity contribution in [1.29, 1.82) is 0 Å². The molecule has 0 saturated heterocycles. The number of nitrogens with two attached hydrogens (primary N) is 1. The summed E-state index contributed by atoms with van der Waals surface area (Å²) in [6.45, 7) is 8.48. The number of benzene rings is 4. The third-order valence-corrected chi connectivity index (χ3v) is 11.7. The van der Waals surface area contributed by atoms with E-state index in [-0.39, 0.29) is 11.6 Å². The van der Waals surface area contributed by atoms with Gasteiger partial charge in [0.1, 0.15) is 7.14 Å². The SMILES string of the molecule is CC(C)c1ccc2c(c1N)P(=O)(C(C)C)c1ccccc1C21c2ccccc2-c2ccccc21. The van der Waals surface area contributed by atoms with Crippen molar-refractivity contribution in [2.75, 3.05) is 5.73 Å². The fourth-order valence-corrected chi connectivity index (χ4v) is 9.79. The topological polar surface area (TPSA) is 43.1 Å². The summed E-state index contributed by atoms with van der Waals surface area (Å²) in [5.74, 6) is 0.252.